The molecule has 4 aromatic rings. The summed E-state index contributed by atoms with van der Waals surface area (Å²) in [6.07, 6.45) is 0.161. The van der Waals surface area contributed by atoms with Gasteiger partial charge in [0.15, 0.2) is 0 Å². The Balaban J connectivity index is 1.81. The molecular formula is C32H30Cl2FN3O4S. The molecule has 0 saturated carbocycles. The van der Waals surface area contributed by atoms with Gasteiger partial charge in [0.1, 0.15) is 18.4 Å². The molecule has 1 N–H and O–H groups in total. The first-order valence-corrected chi connectivity index (χ1v) is 15.7. The molecule has 4 aromatic carbocycles. The molecule has 0 radical (unpaired) electrons. The van der Waals surface area contributed by atoms with E-state index in [9.17, 15) is 22.4 Å². The van der Waals surface area contributed by atoms with E-state index in [2.05, 4.69) is 5.32 Å². The summed E-state index contributed by atoms with van der Waals surface area (Å²) in [7, 11) is -4.29. The van der Waals surface area contributed by atoms with Crippen molar-refractivity contribution in [2.45, 2.75) is 30.8 Å². The van der Waals surface area contributed by atoms with E-state index in [-0.39, 0.29) is 33.6 Å². The third-order valence-electron chi connectivity index (χ3n) is 6.63. The van der Waals surface area contributed by atoms with E-state index in [0.717, 1.165) is 9.87 Å². The SMILES string of the molecule is CCNC(=O)C(Cc1ccccc1)N(Cc1ccc(F)cc1)C(=O)CN(c1cc(Cl)cc(Cl)c1)S(=O)(=O)c1ccccc1. The van der Waals surface area contributed by atoms with Gasteiger partial charge in [-0.25, -0.2) is 12.8 Å². The van der Waals surface area contributed by atoms with Crippen molar-refractivity contribution in [1.82, 2.24) is 10.2 Å². The molecule has 1 unspecified atom stereocenters. The number of nitrogens with one attached hydrogen (secondary N) is 1. The smallest absolute Gasteiger partial charge is 0.264 e. The van der Waals surface area contributed by atoms with Crippen LogP contribution in [-0.4, -0.2) is 44.3 Å². The number of nitrogens with zero attached hydrogens (tertiary/aromatic N) is 2. The van der Waals surface area contributed by atoms with Gasteiger partial charge >= 0.3 is 0 Å². The first kappa shape index (κ1) is 32.0. The standard InChI is InChI=1S/C32H30Cl2FN3O4S/c1-2-36-32(40)30(17-23-9-5-3-6-10-23)37(21-24-13-15-27(35)16-14-24)31(39)22-38(28-19-25(33)18-26(34)20-28)43(41,42)29-11-7-4-8-12-29/h3-16,18-20,30H,2,17,21-22H2,1H3,(H,36,40). The number of carbonyl (C=O) groups is 2. The Morgan fingerprint density at radius 3 is 2.00 bits per heavy atom. The quantitative estimate of drug-likeness (QED) is 0.202. The molecule has 4 rings (SSSR count). The summed E-state index contributed by atoms with van der Waals surface area (Å²) in [5.74, 6) is -1.53. The van der Waals surface area contributed by atoms with Gasteiger partial charge in [-0.05, 0) is 60.5 Å². The van der Waals surface area contributed by atoms with Crippen molar-refractivity contribution in [2.75, 3.05) is 17.4 Å². The maximum absolute atomic E-state index is 14.3. The summed E-state index contributed by atoms with van der Waals surface area (Å²) in [6.45, 7) is 1.34. The first-order chi connectivity index (χ1) is 20.6. The number of hydrogen-bond acceptors (Lipinski definition) is 4. The number of halogens is 3. The van der Waals surface area contributed by atoms with Crippen molar-refractivity contribution in [1.29, 1.82) is 0 Å². The monoisotopic (exact) mass is 641 g/mol. The van der Waals surface area contributed by atoms with E-state index in [1.807, 2.05) is 30.3 Å². The highest BCUT2D eigenvalue weighted by Crippen LogP contribution is 2.30. The van der Waals surface area contributed by atoms with Crippen LogP contribution in [0.4, 0.5) is 10.1 Å². The number of sulfonamides is 1. The van der Waals surface area contributed by atoms with Crippen LogP contribution in [0.25, 0.3) is 0 Å². The van der Waals surface area contributed by atoms with Gasteiger partial charge in [0.05, 0.1) is 10.6 Å². The second-order valence-electron chi connectivity index (χ2n) is 9.70. The van der Waals surface area contributed by atoms with Crippen molar-refractivity contribution in [3.8, 4) is 0 Å². The Kier molecular flexibility index (Phi) is 10.8. The van der Waals surface area contributed by atoms with Gasteiger partial charge in [-0.2, -0.15) is 0 Å². The molecule has 0 aliphatic rings. The van der Waals surface area contributed by atoms with Gasteiger partial charge in [-0.15, -0.1) is 0 Å². The lowest BCUT2D eigenvalue weighted by Gasteiger charge is -2.34. The lowest BCUT2D eigenvalue weighted by atomic mass is 10.0. The van der Waals surface area contributed by atoms with Crippen molar-refractivity contribution >= 4 is 50.7 Å². The third-order valence-corrected chi connectivity index (χ3v) is 8.86. The van der Waals surface area contributed by atoms with E-state index in [1.165, 1.54) is 59.5 Å². The van der Waals surface area contributed by atoms with Crippen LogP contribution in [0.15, 0.2) is 108 Å². The second kappa shape index (κ2) is 14.5. The number of rotatable bonds is 12. The molecule has 224 valence electrons. The van der Waals surface area contributed by atoms with Crippen molar-refractivity contribution in [3.63, 3.8) is 0 Å². The van der Waals surface area contributed by atoms with E-state index in [1.54, 1.807) is 25.1 Å². The molecule has 1 atom stereocenters. The molecule has 0 spiro atoms. The largest absolute Gasteiger partial charge is 0.355 e. The average molecular weight is 643 g/mol. The molecule has 0 fully saturated rings. The zero-order valence-corrected chi connectivity index (χ0v) is 25.6. The zero-order valence-electron chi connectivity index (χ0n) is 23.3. The summed E-state index contributed by atoms with van der Waals surface area (Å²) in [6, 6.07) is 25.6. The fourth-order valence-electron chi connectivity index (χ4n) is 4.56. The molecule has 2 amide bonds. The highest BCUT2D eigenvalue weighted by atomic mass is 35.5. The Hall–Kier alpha value is -3.92. The van der Waals surface area contributed by atoms with Crippen molar-refractivity contribution < 1.29 is 22.4 Å². The fraction of sp³-hybridized carbons (Fsp3) is 0.188. The molecule has 0 heterocycles. The minimum absolute atomic E-state index is 0.0476. The van der Waals surface area contributed by atoms with E-state index >= 15 is 0 Å². The Morgan fingerprint density at radius 1 is 0.837 bits per heavy atom. The number of amides is 2. The van der Waals surface area contributed by atoms with E-state index < -0.39 is 40.2 Å². The first-order valence-electron chi connectivity index (χ1n) is 13.5. The van der Waals surface area contributed by atoms with Crippen LogP contribution in [0.3, 0.4) is 0 Å². The number of carbonyl (C=O) groups excluding carboxylic acids is 2. The molecule has 0 saturated heterocycles. The number of anilines is 1. The maximum Gasteiger partial charge on any atom is 0.264 e. The van der Waals surface area contributed by atoms with Gasteiger partial charge < -0.3 is 10.2 Å². The fourth-order valence-corrected chi connectivity index (χ4v) is 6.50. The second-order valence-corrected chi connectivity index (χ2v) is 12.4. The number of hydrogen-bond donors (Lipinski definition) is 1. The number of likely N-dealkylation sites (N-methyl/N-ethyl adjacent to an activating group) is 1. The van der Waals surface area contributed by atoms with E-state index in [0.29, 0.717) is 12.1 Å². The summed E-state index contributed by atoms with van der Waals surface area (Å²) < 4.78 is 42.6. The van der Waals surface area contributed by atoms with Gasteiger partial charge in [-0.3, -0.25) is 13.9 Å². The highest BCUT2D eigenvalue weighted by Gasteiger charge is 2.34. The highest BCUT2D eigenvalue weighted by molar-refractivity contribution is 7.92. The van der Waals surface area contributed by atoms with Crippen LogP contribution in [-0.2, 0) is 32.6 Å². The summed E-state index contributed by atoms with van der Waals surface area (Å²) in [5, 5.41) is 3.15. The number of benzene rings is 4. The van der Waals surface area contributed by atoms with Crippen LogP contribution >= 0.6 is 23.2 Å². The molecule has 7 nitrogen and oxygen atoms in total. The lowest BCUT2D eigenvalue weighted by Crippen LogP contribution is -2.53. The topological polar surface area (TPSA) is 86.8 Å². The van der Waals surface area contributed by atoms with Gasteiger partial charge in [-0.1, -0.05) is 83.9 Å². The minimum atomic E-state index is -4.29. The van der Waals surface area contributed by atoms with Crippen molar-refractivity contribution in [2.24, 2.45) is 0 Å². The molecule has 0 aromatic heterocycles. The zero-order chi connectivity index (χ0) is 31.0. The molecule has 11 heteroatoms. The van der Waals surface area contributed by atoms with Crippen LogP contribution < -0.4 is 9.62 Å². The predicted octanol–water partition coefficient (Wildman–Crippen LogP) is 6.10. The molecule has 0 aliphatic carbocycles. The van der Waals surface area contributed by atoms with Crippen molar-refractivity contribution in [3.05, 3.63) is 130 Å². The third kappa shape index (κ3) is 8.34. The normalized spacial score (nSPS) is 11.9. The molecule has 0 bridgehead atoms. The Bertz CT molecular complexity index is 1640. The minimum Gasteiger partial charge on any atom is -0.355 e. The van der Waals surface area contributed by atoms with Crippen LogP contribution in [0.2, 0.25) is 10.0 Å². The Morgan fingerprint density at radius 2 is 1.42 bits per heavy atom. The Labute approximate surface area is 260 Å². The summed E-state index contributed by atoms with van der Waals surface area (Å²) >= 11 is 12.5. The van der Waals surface area contributed by atoms with E-state index in [4.69, 9.17) is 23.2 Å². The van der Waals surface area contributed by atoms with Gasteiger partial charge in [0.25, 0.3) is 10.0 Å². The molecular weight excluding hydrogens is 612 g/mol. The van der Waals surface area contributed by atoms with Gasteiger partial charge in [0, 0.05) is 29.6 Å². The van der Waals surface area contributed by atoms with Crippen LogP contribution in [0.1, 0.15) is 18.1 Å². The van der Waals surface area contributed by atoms with Gasteiger partial charge in [0.2, 0.25) is 11.8 Å². The average Bonchev–Trinajstić information content (AvgIpc) is 2.99. The summed E-state index contributed by atoms with van der Waals surface area (Å²) in [4.78, 5) is 29.0. The summed E-state index contributed by atoms with van der Waals surface area (Å²) in [5.41, 5.74) is 1.43. The molecule has 43 heavy (non-hydrogen) atoms. The lowest BCUT2D eigenvalue weighted by molar-refractivity contribution is -0.140. The van der Waals surface area contributed by atoms with Crippen LogP contribution in [0.5, 0.6) is 0 Å². The van der Waals surface area contributed by atoms with Crippen LogP contribution in [0, 0.1) is 5.82 Å². The predicted molar refractivity (Wildman–Crippen MR) is 167 cm³/mol. The molecule has 0 aliphatic heterocycles. The maximum atomic E-state index is 14.3.